The maximum absolute atomic E-state index is 9.58. The van der Waals surface area contributed by atoms with E-state index in [9.17, 15) is 10.2 Å². The first-order valence-electron chi connectivity index (χ1n) is 4.02. The summed E-state index contributed by atoms with van der Waals surface area (Å²) in [4.78, 5) is 0. The van der Waals surface area contributed by atoms with Crippen LogP contribution in [0.1, 0.15) is 5.56 Å². The van der Waals surface area contributed by atoms with Gasteiger partial charge in [-0.1, -0.05) is 12.2 Å². The van der Waals surface area contributed by atoms with Gasteiger partial charge in [0.15, 0.2) is 11.8 Å². The molecule has 3 heteroatoms. The van der Waals surface area contributed by atoms with E-state index >= 15 is 0 Å². The first kappa shape index (κ1) is 9.45. The van der Waals surface area contributed by atoms with Crippen LogP contribution in [-0.4, -0.2) is 14.8 Å². The number of rotatable bonds is 4. The second-order valence-electron chi connectivity index (χ2n) is 2.74. The minimum atomic E-state index is 0.0502. The van der Waals surface area contributed by atoms with Gasteiger partial charge in [-0.3, -0.25) is 4.57 Å². The quantitative estimate of drug-likeness (QED) is 0.692. The smallest absolute Gasteiger partial charge is 0.197 e. The molecule has 70 valence electrons. The Morgan fingerprint density at radius 3 is 2.54 bits per heavy atom. The van der Waals surface area contributed by atoms with Crippen molar-refractivity contribution < 1.29 is 10.2 Å². The van der Waals surface area contributed by atoms with Gasteiger partial charge in [0, 0.05) is 18.2 Å². The van der Waals surface area contributed by atoms with Crippen LogP contribution in [0.3, 0.4) is 0 Å². The summed E-state index contributed by atoms with van der Waals surface area (Å²) in [7, 11) is 0. The summed E-state index contributed by atoms with van der Waals surface area (Å²) >= 11 is 0. The van der Waals surface area contributed by atoms with Gasteiger partial charge in [-0.2, -0.15) is 0 Å². The van der Waals surface area contributed by atoms with Crippen LogP contribution < -0.4 is 0 Å². The van der Waals surface area contributed by atoms with E-state index in [1.807, 2.05) is 0 Å². The van der Waals surface area contributed by atoms with E-state index < -0.39 is 0 Å². The van der Waals surface area contributed by atoms with Crippen molar-refractivity contribution in [1.29, 1.82) is 0 Å². The Morgan fingerprint density at radius 2 is 2.00 bits per heavy atom. The van der Waals surface area contributed by atoms with Crippen LogP contribution in [0.5, 0.6) is 11.8 Å². The standard InChI is InChI=1S/C10H13NO2/c1-3-5-8-7-9(12)11(6-4-2)10(8)13/h3-4,7,12-13H,1-2,5-6H2. The maximum atomic E-state index is 9.58. The molecule has 0 aliphatic heterocycles. The van der Waals surface area contributed by atoms with Gasteiger partial charge in [0.2, 0.25) is 0 Å². The summed E-state index contributed by atoms with van der Waals surface area (Å²) in [6, 6.07) is 1.53. The Labute approximate surface area is 77.2 Å². The van der Waals surface area contributed by atoms with Gasteiger partial charge in [-0.15, -0.1) is 13.2 Å². The van der Waals surface area contributed by atoms with Gasteiger partial charge in [0.25, 0.3) is 0 Å². The monoisotopic (exact) mass is 179 g/mol. The third kappa shape index (κ3) is 1.75. The second kappa shape index (κ2) is 3.85. The van der Waals surface area contributed by atoms with Crippen molar-refractivity contribution in [2.45, 2.75) is 13.0 Å². The highest BCUT2D eigenvalue weighted by atomic mass is 16.3. The molecule has 0 aliphatic rings. The number of hydrogen-bond donors (Lipinski definition) is 2. The molecule has 2 N–H and O–H groups in total. The summed E-state index contributed by atoms with van der Waals surface area (Å²) in [5, 5.41) is 19.0. The molecule has 0 saturated heterocycles. The van der Waals surface area contributed by atoms with Crippen LogP contribution in [0.15, 0.2) is 31.4 Å². The Bertz CT molecular complexity index is 326. The maximum Gasteiger partial charge on any atom is 0.197 e. The molecule has 0 spiro atoms. The summed E-state index contributed by atoms with van der Waals surface area (Å²) in [6.45, 7) is 7.49. The summed E-state index contributed by atoms with van der Waals surface area (Å²) in [5.74, 6) is 0.131. The fourth-order valence-electron chi connectivity index (χ4n) is 1.19. The number of aromatic nitrogens is 1. The third-order valence-electron chi connectivity index (χ3n) is 1.80. The van der Waals surface area contributed by atoms with Crippen LogP contribution in [-0.2, 0) is 13.0 Å². The van der Waals surface area contributed by atoms with E-state index in [2.05, 4.69) is 13.2 Å². The minimum Gasteiger partial charge on any atom is -0.494 e. The lowest BCUT2D eigenvalue weighted by molar-refractivity contribution is 0.377. The van der Waals surface area contributed by atoms with Gasteiger partial charge in [-0.25, -0.2) is 0 Å². The first-order chi connectivity index (χ1) is 6.20. The van der Waals surface area contributed by atoms with Crippen molar-refractivity contribution in [3.8, 4) is 11.8 Å². The van der Waals surface area contributed by atoms with Gasteiger partial charge < -0.3 is 10.2 Å². The number of hydrogen-bond acceptors (Lipinski definition) is 2. The Balaban J connectivity index is 3.05. The predicted molar refractivity (Wildman–Crippen MR) is 51.9 cm³/mol. The van der Waals surface area contributed by atoms with Gasteiger partial charge in [0.1, 0.15) is 0 Å². The lowest BCUT2D eigenvalue weighted by atomic mass is 10.2. The molecule has 13 heavy (non-hydrogen) atoms. The fourth-order valence-corrected chi connectivity index (χ4v) is 1.19. The van der Waals surface area contributed by atoms with E-state index in [0.29, 0.717) is 18.5 Å². The summed E-state index contributed by atoms with van der Waals surface area (Å²) in [6.07, 6.45) is 3.83. The largest absolute Gasteiger partial charge is 0.494 e. The van der Waals surface area contributed by atoms with Crippen LogP contribution in [0.2, 0.25) is 0 Å². The lowest BCUT2D eigenvalue weighted by Gasteiger charge is -2.02. The van der Waals surface area contributed by atoms with Gasteiger partial charge >= 0.3 is 0 Å². The third-order valence-corrected chi connectivity index (χ3v) is 1.80. The van der Waals surface area contributed by atoms with Gasteiger partial charge in [0.05, 0.1) is 0 Å². The SMILES string of the molecule is C=CCc1cc(O)n(CC=C)c1O. The number of nitrogens with zero attached hydrogens (tertiary/aromatic N) is 1. The molecular weight excluding hydrogens is 166 g/mol. The molecule has 1 rings (SSSR count). The zero-order chi connectivity index (χ0) is 9.84. The molecule has 3 nitrogen and oxygen atoms in total. The van der Waals surface area contributed by atoms with Crippen LogP contribution in [0.25, 0.3) is 0 Å². The highest BCUT2D eigenvalue weighted by molar-refractivity contribution is 5.36. The van der Waals surface area contributed by atoms with Crippen molar-refractivity contribution in [3.63, 3.8) is 0 Å². The molecule has 0 fully saturated rings. The molecule has 0 aliphatic carbocycles. The average molecular weight is 179 g/mol. The zero-order valence-corrected chi connectivity index (χ0v) is 7.40. The van der Waals surface area contributed by atoms with E-state index in [-0.39, 0.29) is 11.8 Å². The molecule has 0 unspecified atom stereocenters. The molecule has 0 bridgehead atoms. The van der Waals surface area contributed by atoms with E-state index in [1.165, 1.54) is 10.6 Å². The Morgan fingerprint density at radius 1 is 1.31 bits per heavy atom. The van der Waals surface area contributed by atoms with Crippen molar-refractivity contribution in [2.75, 3.05) is 0 Å². The number of allylic oxidation sites excluding steroid dienone is 2. The molecule has 0 saturated carbocycles. The van der Waals surface area contributed by atoms with Crippen molar-refractivity contribution in [1.82, 2.24) is 4.57 Å². The highest BCUT2D eigenvalue weighted by Crippen LogP contribution is 2.27. The van der Waals surface area contributed by atoms with E-state index in [0.717, 1.165) is 0 Å². The van der Waals surface area contributed by atoms with Crippen molar-refractivity contribution >= 4 is 0 Å². The first-order valence-corrected chi connectivity index (χ1v) is 4.02. The van der Waals surface area contributed by atoms with Crippen molar-refractivity contribution in [3.05, 3.63) is 36.9 Å². The molecule has 0 atom stereocenters. The van der Waals surface area contributed by atoms with Crippen LogP contribution >= 0.6 is 0 Å². The van der Waals surface area contributed by atoms with Gasteiger partial charge in [-0.05, 0) is 6.42 Å². The Hall–Kier alpha value is -1.64. The normalized spacial score (nSPS) is 9.85. The molecule has 0 aromatic carbocycles. The molecule has 0 radical (unpaired) electrons. The topological polar surface area (TPSA) is 45.4 Å². The molecule has 1 aromatic rings. The van der Waals surface area contributed by atoms with Crippen LogP contribution in [0.4, 0.5) is 0 Å². The minimum absolute atomic E-state index is 0.0502. The fraction of sp³-hybridized carbons (Fsp3) is 0.200. The van der Waals surface area contributed by atoms with E-state index in [4.69, 9.17) is 0 Å². The van der Waals surface area contributed by atoms with Crippen molar-refractivity contribution in [2.24, 2.45) is 0 Å². The molecule has 1 aromatic heterocycles. The Kier molecular flexibility index (Phi) is 2.80. The summed E-state index contributed by atoms with van der Waals surface area (Å²) in [5.41, 5.74) is 0.675. The molecule has 1 heterocycles. The molecular formula is C10H13NO2. The molecule has 0 amide bonds. The highest BCUT2D eigenvalue weighted by Gasteiger charge is 2.10. The van der Waals surface area contributed by atoms with E-state index in [1.54, 1.807) is 12.2 Å². The summed E-state index contributed by atoms with van der Waals surface area (Å²) < 4.78 is 1.38. The lowest BCUT2D eigenvalue weighted by Crippen LogP contribution is -1.93. The zero-order valence-electron chi connectivity index (χ0n) is 7.40. The number of aromatic hydroxyl groups is 2. The predicted octanol–water partition coefficient (Wildman–Crippen LogP) is 1.81. The van der Waals surface area contributed by atoms with Crippen LogP contribution in [0, 0.1) is 0 Å². The average Bonchev–Trinajstić information content (AvgIpc) is 2.34. The second-order valence-corrected chi connectivity index (χ2v) is 2.74.